The lowest BCUT2D eigenvalue weighted by atomic mass is 9.87. The molecule has 0 spiro atoms. The number of rotatable bonds is 3. The highest BCUT2D eigenvalue weighted by molar-refractivity contribution is 14.1. The van der Waals surface area contributed by atoms with Gasteiger partial charge in [0.2, 0.25) is 0 Å². The zero-order valence-corrected chi connectivity index (χ0v) is 14.1. The highest BCUT2D eigenvalue weighted by Gasteiger charge is 2.30. The first-order valence-corrected chi connectivity index (χ1v) is 9.07. The van der Waals surface area contributed by atoms with Gasteiger partial charge in [0.15, 0.2) is 0 Å². The van der Waals surface area contributed by atoms with Gasteiger partial charge in [-0.25, -0.2) is 0 Å². The van der Waals surface area contributed by atoms with Crippen molar-refractivity contribution in [1.82, 2.24) is 5.32 Å². The van der Waals surface area contributed by atoms with E-state index in [1.54, 1.807) is 10.4 Å². The zero-order chi connectivity index (χ0) is 12.6. The number of hydrogen-bond acceptors (Lipinski definition) is 2. The third-order valence-corrected chi connectivity index (χ3v) is 6.64. The maximum absolute atomic E-state index is 3.88. The Labute approximate surface area is 128 Å². The second kappa shape index (κ2) is 5.41. The van der Waals surface area contributed by atoms with Crippen molar-refractivity contribution in [2.75, 3.05) is 6.54 Å². The lowest BCUT2D eigenvalue weighted by Gasteiger charge is -2.30. The van der Waals surface area contributed by atoms with E-state index in [9.17, 15) is 0 Å². The Morgan fingerprint density at radius 2 is 2.17 bits per heavy atom. The molecule has 1 aromatic heterocycles. The third-order valence-electron chi connectivity index (χ3n) is 4.67. The SMILES string of the molecule is CC1(CNC2CCCc3sc(I)cc32)CCCC1. The van der Waals surface area contributed by atoms with Gasteiger partial charge in [-0.3, -0.25) is 0 Å². The topological polar surface area (TPSA) is 12.0 Å². The van der Waals surface area contributed by atoms with Crippen molar-refractivity contribution in [3.8, 4) is 0 Å². The van der Waals surface area contributed by atoms with E-state index in [-0.39, 0.29) is 0 Å². The molecular formula is C15H22INS. The average molecular weight is 375 g/mol. The molecule has 1 fully saturated rings. The molecule has 0 saturated heterocycles. The first kappa shape index (κ1) is 13.4. The summed E-state index contributed by atoms with van der Waals surface area (Å²) in [7, 11) is 0. The summed E-state index contributed by atoms with van der Waals surface area (Å²) in [6.07, 6.45) is 9.70. The van der Waals surface area contributed by atoms with Gasteiger partial charge >= 0.3 is 0 Å². The van der Waals surface area contributed by atoms with E-state index in [1.807, 2.05) is 11.3 Å². The Hall–Kier alpha value is 0.390. The number of fused-ring (bicyclic) bond motifs is 1. The molecule has 1 nitrogen and oxygen atoms in total. The highest BCUT2D eigenvalue weighted by atomic mass is 127. The zero-order valence-electron chi connectivity index (χ0n) is 11.1. The van der Waals surface area contributed by atoms with Crippen molar-refractivity contribution < 1.29 is 0 Å². The second-order valence-corrected chi connectivity index (χ2v) is 9.30. The van der Waals surface area contributed by atoms with Crippen molar-refractivity contribution in [3.63, 3.8) is 0 Å². The molecular weight excluding hydrogens is 353 g/mol. The Morgan fingerprint density at radius 1 is 1.39 bits per heavy atom. The molecule has 2 aliphatic rings. The molecule has 0 aliphatic heterocycles. The Balaban J connectivity index is 1.67. The van der Waals surface area contributed by atoms with Crippen LogP contribution in [0.3, 0.4) is 0 Å². The normalized spacial score (nSPS) is 26.2. The van der Waals surface area contributed by atoms with Crippen molar-refractivity contribution in [1.29, 1.82) is 0 Å². The van der Waals surface area contributed by atoms with E-state index < -0.39 is 0 Å². The summed E-state index contributed by atoms with van der Waals surface area (Å²) in [6.45, 7) is 3.68. The molecule has 3 heteroatoms. The third kappa shape index (κ3) is 2.78. The molecule has 1 saturated carbocycles. The first-order valence-electron chi connectivity index (χ1n) is 7.18. The Morgan fingerprint density at radius 3 is 2.94 bits per heavy atom. The van der Waals surface area contributed by atoms with Gasteiger partial charge in [0.1, 0.15) is 0 Å². The van der Waals surface area contributed by atoms with Gasteiger partial charge in [-0.15, -0.1) is 11.3 Å². The van der Waals surface area contributed by atoms with E-state index in [0.717, 1.165) is 0 Å². The van der Waals surface area contributed by atoms with Crippen LogP contribution in [0.4, 0.5) is 0 Å². The molecule has 1 heterocycles. The highest BCUT2D eigenvalue weighted by Crippen LogP contribution is 2.39. The van der Waals surface area contributed by atoms with Crippen molar-refractivity contribution in [3.05, 3.63) is 19.4 Å². The predicted octanol–water partition coefficient (Wildman–Crippen LogP) is 4.90. The number of aryl methyl sites for hydroxylation is 1. The fraction of sp³-hybridized carbons (Fsp3) is 0.733. The summed E-state index contributed by atoms with van der Waals surface area (Å²) in [5.74, 6) is 0. The number of nitrogens with one attached hydrogen (secondary N) is 1. The van der Waals surface area contributed by atoms with Crippen LogP contribution in [0, 0.1) is 8.30 Å². The van der Waals surface area contributed by atoms with Gasteiger partial charge in [-0.2, -0.15) is 0 Å². The molecule has 0 radical (unpaired) electrons. The van der Waals surface area contributed by atoms with Crippen LogP contribution in [0.5, 0.6) is 0 Å². The van der Waals surface area contributed by atoms with Crippen LogP contribution in [-0.2, 0) is 6.42 Å². The maximum atomic E-state index is 3.88. The van der Waals surface area contributed by atoms with Crippen LogP contribution in [0.25, 0.3) is 0 Å². The van der Waals surface area contributed by atoms with Gasteiger partial charge in [-0.05, 0) is 71.7 Å². The van der Waals surface area contributed by atoms with Crippen molar-refractivity contribution in [2.45, 2.75) is 57.9 Å². The van der Waals surface area contributed by atoms with E-state index in [1.165, 1.54) is 54.4 Å². The largest absolute Gasteiger partial charge is 0.309 e. The molecule has 1 aromatic rings. The smallest absolute Gasteiger partial charge is 0.0659 e. The van der Waals surface area contributed by atoms with E-state index in [0.29, 0.717) is 11.5 Å². The summed E-state index contributed by atoms with van der Waals surface area (Å²) in [5, 5.41) is 3.88. The van der Waals surface area contributed by atoms with Gasteiger partial charge in [0.25, 0.3) is 0 Å². The fourth-order valence-corrected chi connectivity index (χ4v) is 5.63. The Bertz CT molecular complexity index is 420. The van der Waals surface area contributed by atoms with Gasteiger partial charge in [0.05, 0.1) is 2.88 Å². The standard InChI is InChI=1S/C15H22INS/c1-15(7-2-3-8-15)10-17-12-5-4-6-13-11(12)9-14(16)18-13/h9,12,17H,2-8,10H2,1H3. The van der Waals surface area contributed by atoms with Gasteiger partial charge in [-0.1, -0.05) is 19.8 Å². The summed E-state index contributed by atoms with van der Waals surface area (Å²) in [5.41, 5.74) is 2.18. The van der Waals surface area contributed by atoms with Crippen LogP contribution >= 0.6 is 33.9 Å². The monoisotopic (exact) mass is 375 g/mol. The molecule has 0 aromatic carbocycles. The minimum absolute atomic E-state index is 0.570. The van der Waals surface area contributed by atoms with Crippen LogP contribution < -0.4 is 5.32 Å². The van der Waals surface area contributed by atoms with Crippen LogP contribution in [0.1, 0.15) is 61.9 Å². The summed E-state index contributed by atoms with van der Waals surface area (Å²) >= 11 is 4.47. The molecule has 1 unspecified atom stereocenters. The maximum Gasteiger partial charge on any atom is 0.0659 e. The molecule has 3 rings (SSSR count). The van der Waals surface area contributed by atoms with E-state index in [2.05, 4.69) is 40.9 Å². The quantitative estimate of drug-likeness (QED) is 0.741. The molecule has 100 valence electrons. The first-order chi connectivity index (χ1) is 8.66. The van der Waals surface area contributed by atoms with Gasteiger partial charge in [0, 0.05) is 17.5 Å². The van der Waals surface area contributed by atoms with Gasteiger partial charge < -0.3 is 5.32 Å². The van der Waals surface area contributed by atoms with E-state index in [4.69, 9.17) is 0 Å². The molecule has 1 N–H and O–H groups in total. The van der Waals surface area contributed by atoms with Crippen LogP contribution in [0.15, 0.2) is 6.07 Å². The van der Waals surface area contributed by atoms with Crippen molar-refractivity contribution in [2.24, 2.45) is 5.41 Å². The number of hydrogen-bond donors (Lipinski definition) is 1. The lowest BCUT2D eigenvalue weighted by molar-refractivity contribution is 0.289. The number of halogens is 1. The second-order valence-electron chi connectivity index (χ2n) is 6.27. The van der Waals surface area contributed by atoms with E-state index >= 15 is 0 Å². The summed E-state index contributed by atoms with van der Waals surface area (Å²) < 4.78 is 1.46. The molecule has 1 atom stereocenters. The summed E-state index contributed by atoms with van der Waals surface area (Å²) in [4.78, 5) is 1.64. The summed E-state index contributed by atoms with van der Waals surface area (Å²) in [6, 6.07) is 3.04. The number of thiophene rings is 1. The minimum atomic E-state index is 0.570. The minimum Gasteiger partial charge on any atom is -0.309 e. The fourth-order valence-electron chi connectivity index (χ4n) is 3.51. The average Bonchev–Trinajstić information content (AvgIpc) is 2.92. The van der Waals surface area contributed by atoms with Crippen LogP contribution in [-0.4, -0.2) is 6.54 Å². The van der Waals surface area contributed by atoms with Crippen molar-refractivity contribution >= 4 is 33.9 Å². The Kier molecular flexibility index (Phi) is 4.02. The molecule has 2 aliphatic carbocycles. The predicted molar refractivity (Wildman–Crippen MR) is 87.3 cm³/mol. The molecule has 0 bridgehead atoms. The van der Waals surface area contributed by atoms with Crippen LogP contribution in [0.2, 0.25) is 0 Å². The molecule has 0 amide bonds. The molecule has 18 heavy (non-hydrogen) atoms. The lowest BCUT2D eigenvalue weighted by Crippen LogP contribution is -2.33.